The zero-order valence-corrected chi connectivity index (χ0v) is 16.3. The Morgan fingerprint density at radius 3 is 2.38 bits per heavy atom. The van der Waals surface area contributed by atoms with Crippen LogP contribution in [0.1, 0.15) is 30.7 Å². The number of carbonyl (C=O) groups excluding carboxylic acids is 3. The summed E-state index contributed by atoms with van der Waals surface area (Å²) in [5.41, 5.74) is 1.80. The molecule has 1 N–H and O–H groups in total. The van der Waals surface area contributed by atoms with E-state index in [1.54, 1.807) is 31.4 Å². The van der Waals surface area contributed by atoms with Gasteiger partial charge in [-0.15, -0.1) is 0 Å². The minimum absolute atomic E-state index is 0.212. The van der Waals surface area contributed by atoms with Crippen molar-refractivity contribution in [3.63, 3.8) is 0 Å². The SMILES string of the molecule is COc1ccc(NC(=O)CN2C(=O)C3CCC(c4ccccc4)CC3C2=O)cc1. The molecule has 2 fully saturated rings. The third kappa shape index (κ3) is 3.88. The zero-order valence-electron chi connectivity index (χ0n) is 16.3. The molecule has 3 amide bonds. The van der Waals surface area contributed by atoms with E-state index in [2.05, 4.69) is 17.4 Å². The number of amides is 3. The highest BCUT2D eigenvalue weighted by Gasteiger charge is 2.50. The first kappa shape index (κ1) is 19.2. The van der Waals surface area contributed by atoms with E-state index in [1.165, 1.54) is 5.56 Å². The van der Waals surface area contributed by atoms with Gasteiger partial charge in [0.15, 0.2) is 0 Å². The fourth-order valence-electron chi connectivity index (χ4n) is 4.45. The molecule has 1 aliphatic heterocycles. The summed E-state index contributed by atoms with van der Waals surface area (Å²) in [7, 11) is 1.57. The molecule has 0 radical (unpaired) electrons. The molecule has 6 nitrogen and oxygen atoms in total. The van der Waals surface area contributed by atoms with Crippen molar-refractivity contribution in [3.8, 4) is 5.75 Å². The predicted octanol–water partition coefficient (Wildman–Crippen LogP) is 3.20. The first-order valence-electron chi connectivity index (χ1n) is 9.91. The molecule has 1 saturated heterocycles. The smallest absolute Gasteiger partial charge is 0.244 e. The third-order valence-corrected chi connectivity index (χ3v) is 5.96. The highest BCUT2D eigenvalue weighted by molar-refractivity contribution is 6.08. The number of benzene rings is 2. The number of hydrogen-bond donors (Lipinski definition) is 1. The molecule has 3 unspecified atom stereocenters. The second kappa shape index (κ2) is 8.07. The Labute approximate surface area is 169 Å². The molecular formula is C23H24N2O4. The van der Waals surface area contributed by atoms with Crippen molar-refractivity contribution >= 4 is 23.4 Å². The average Bonchev–Trinajstić information content (AvgIpc) is 2.99. The van der Waals surface area contributed by atoms with Crippen molar-refractivity contribution in [2.45, 2.75) is 25.2 Å². The maximum atomic E-state index is 12.9. The van der Waals surface area contributed by atoms with Gasteiger partial charge in [-0.05, 0) is 55.0 Å². The van der Waals surface area contributed by atoms with Gasteiger partial charge in [-0.2, -0.15) is 0 Å². The van der Waals surface area contributed by atoms with Crippen LogP contribution in [0.2, 0.25) is 0 Å². The van der Waals surface area contributed by atoms with Crippen molar-refractivity contribution in [1.29, 1.82) is 0 Å². The van der Waals surface area contributed by atoms with Crippen LogP contribution in [-0.2, 0) is 14.4 Å². The van der Waals surface area contributed by atoms with Crippen molar-refractivity contribution in [3.05, 3.63) is 60.2 Å². The van der Waals surface area contributed by atoms with Crippen LogP contribution in [0.25, 0.3) is 0 Å². The number of likely N-dealkylation sites (tertiary alicyclic amines) is 1. The van der Waals surface area contributed by atoms with Crippen LogP contribution in [0.4, 0.5) is 5.69 Å². The lowest BCUT2D eigenvalue weighted by atomic mass is 9.73. The van der Waals surface area contributed by atoms with Crippen LogP contribution < -0.4 is 10.1 Å². The molecule has 1 aliphatic carbocycles. The standard InChI is InChI=1S/C23H24N2O4/c1-29-18-10-8-17(9-11-18)24-21(26)14-25-22(27)19-12-7-16(13-20(19)23(25)28)15-5-3-2-4-6-15/h2-6,8-11,16,19-20H,7,12-14H2,1H3,(H,24,26). The Balaban J connectivity index is 1.41. The lowest BCUT2D eigenvalue weighted by Crippen LogP contribution is -2.38. The van der Waals surface area contributed by atoms with E-state index in [0.717, 1.165) is 11.3 Å². The van der Waals surface area contributed by atoms with Crippen LogP contribution in [0.5, 0.6) is 5.75 Å². The van der Waals surface area contributed by atoms with E-state index in [0.29, 0.717) is 24.3 Å². The van der Waals surface area contributed by atoms with Crippen LogP contribution >= 0.6 is 0 Å². The highest BCUT2D eigenvalue weighted by atomic mass is 16.5. The number of nitrogens with zero attached hydrogens (tertiary/aromatic N) is 1. The van der Waals surface area contributed by atoms with Gasteiger partial charge >= 0.3 is 0 Å². The Hall–Kier alpha value is -3.15. The number of hydrogen-bond acceptors (Lipinski definition) is 4. The van der Waals surface area contributed by atoms with Crippen LogP contribution in [0.3, 0.4) is 0 Å². The summed E-state index contributed by atoms with van der Waals surface area (Å²) in [6, 6.07) is 17.0. The lowest BCUT2D eigenvalue weighted by molar-refractivity contribution is -0.142. The number of fused-ring (bicyclic) bond motifs is 1. The molecule has 2 aromatic rings. The van der Waals surface area contributed by atoms with Gasteiger partial charge in [-0.25, -0.2) is 0 Å². The molecule has 1 saturated carbocycles. The van der Waals surface area contributed by atoms with E-state index < -0.39 is 0 Å². The Bertz CT molecular complexity index is 910. The largest absolute Gasteiger partial charge is 0.497 e. The zero-order chi connectivity index (χ0) is 20.4. The molecule has 0 spiro atoms. The molecule has 3 atom stereocenters. The molecule has 2 aromatic carbocycles. The molecule has 1 heterocycles. The number of carbonyl (C=O) groups is 3. The number of methoxy groups -OCH3 is 1. The van der Waals surface area contributed by atoms with Gasteiger partial charge in [0, 0.05) is 5.69 Å². The first-order valence-corrected chi connectivity index (χ1v) is 9.91. The number of ether oxygens (including phenoxy) is 1. The average molecular weight is 392 g/mol. The fourth-order valence-corrected chi connectivity index (χ4v) is 4.45. The molecule has 150 valence electrons. The van der Waals surface area contributed by atoms with Crippen molar-refractivity contribution in [2.24, 2.45) is 11.8 Å². The fraction of sp³-hybridized carbons (Fsp3) is 0.348. The third-order valence-electron chi connectivity index (χ3n) is 5.96. The summed E-state index contributed by atoms with van der Waals surface area (Å²) < 4.78 is 5.09. The van der Waals surface area contributed by atoms with Gasteiger partial charge in [0.05, 0.1) is 18.9 Å². The van der Waals surface area contributed by atoms with Crippen molar-refractivity contribution < 1.29 is 19.1 Å². The summed E-state index contributed by atoms with van der Waals surface area (Å²) in [6.07, 6.45) is 2.23. The number of nitrogens with one attached hydrogen (secondary N) is 1. The minimum atomic E-state index is -0.380. The first-order chi connectivity index (χ1) is 14.1. The van der Waals surface area contributed by atoms with Crippen LogP contribution in [0, 0.1) is 11.8 Å². The van der Waals surface area contributed by atoms with Gasteiger partial charge in [0.2, 0.25) is 17.7 Å². The van der Waals surface area contributed by atoms with E-state index >= 15 is 0 Å². The number of anilines is 1. The molecule has 29 heavy (non-hydrogen) atoms. The van der Waals surface area contributed by atoms with E-state index in [9.17, 15) is 14.4 Å². The molecule has 2 aliphatic rings. The second-order valence-corrected chi connectivity index (χ2v) is 7.67. The van der Waals surface area contributed by atoms with Gasteiger partial charge in [-0.3, -0.25) is 19.3 Å². The monoisotopic (exact) mass is 392 g/mol. The van der Waals surface area contributed by atoms with E-state index in [1.807, 2.05) is 18.2 Å². The van der Waals surface area contributed by atoms with E-state index in [4.69, 9.17) is 4.74 Å². The van der Waals surface area contributed by atoms with Crippen LogP contribution in [-0.4, -0.2) is 36.3 Å². The summed E-state index contributed by atoms with van der Waals surface area (Å²) in [5, 5.41) is 2.74. The number of imide groups is 1. The van der Waals surface area contributed by atoms with Crippen molar-refractivity contribution in [1.82, 2.24) is 4.90 Å². The maximum absolute atomic E-state index is 12.9. The Morgan fingerprint density at radius 2 is 1.69 bits per heavy atom. The Morgan fingerprint density at radius 1 is 1.00 bits per heavy atom. The summed E-state index contributed by atoms with van der Waals surface area (Å²) in [5.74, 6) is -0.462. The summed E-state index contributed by atoms with van der Waals surface area (Å²) in [4.78, 5) is 39.2. The van der Waals surface area contributed by atoms with Crippen molar-refractivity contribution in [2.75, 3.05) is 19.0 Å². The summed E-state index contributed by atoms with van der Waals surface area (Å²) >= 11 is 0. The summed E-state index contributed by atoms with van der Waals surface area (Å²) in [6.45, 7) is -0.243. The predicted molar refractivity (Wildman–Crippen MR) is 108 cm³/mol. The second-order valence-electron chi connectivity index (χ2n) is 7.67. The van der Waals surface area contributed by atoms with Gasteiger partial charge in [0.1, 0.15) is 12.3 Å². The molecular weight excluding hydrogens is 368 g/mol. The Kier molecular flexibility index (Phi) is 5.34. The van der Waals surface area contributed by atoms with Crippen LogP contribution in [0.15, 0.2) is 54.6 Å². The molecule has 0 aromatic heterocycles. The number of rotatable bonds is 5. The highest BCUT2D eigenvalue weighted by Crippen LogP contribution is 2.44. The van der Waals surface area contributed by atoms with Gasteiger partial charge in [-0.1, -0.05) is 30.3 Å². The topological polar surface area (TPSA) is 75.7 Å². The van der Waals surface area contributed by atoms with Gasteiger partial charge in [0.25, 0.3) is 0 Å². The molecule has 6 heteroatoms. The molecule has 4 rings (SSSR count). The van der Waals surface area contributed by atoms with E-state index in [-0.39, 0.29) is 42.0 Å². The maximum Gasteiger partial charge on any atom is 0.244 e. The van der Waals surface area contributed by atoms with Gasteiger partial charge < -0.3 is 10.1 Å². The quantitative estimate of drug-likeness (QED) is 0.793. The lowest BCUT2D eigenvalue weighted by Gasteiger charge is -2.28. The molecule has 0 bridgehead atoms. The normalized spacial score (nSPS) is 23.6. The minimum Gasteiger partial charge on any atom is -0.497 e.